The number of Topliss-reactive ketones (excluding diaryl/α,β-unsaturated/α-hetero) is 1. The van der Waals surface area contributed by atoms with Gasteiger partial charge in [0.05, 0.1) is 0 Å². The molecule has 1 aromatic carbocycles. The van der Waals surface area contributed by atoms with Crippen molar-refractivity contribution in [1.82, 2.24) is 0 Å². The molecule has 2 unspecified atom stereocenters. The van der Waals surface area contributed by atoms with Crippen LogP contribution in [0, 0.1) is 5.92 Å². The fourth-order valence-corrected chi connectivity index (χ4v) is 1.70. The van der Waals surface area contributed by atoms with E-state index < -0.39 is 0 Å². The van der Waals surface area contributed by atoms with E-state index >= 15 is 0 Å². The maximum atomic E-state index is 11.4. The molecule has 2 atom stereocenters. The molecule has 0 aliphatic carbocycles. The maximum absolute atomic E-state index is 11.4. The smallest absolute Gasteiger partial charge is 0.133 e. The molecule has 1 heteroatoms. The second kappa shape index (κ2) is 5.50. The van der Waals surface area contributed by atoms with Crippen LogP contribution in [-0.2, 0) is 4.79 Å². The number of benzene rings is 1. The third-order valence-corrected chi connectivity index (χ3v) is 2.76. The van der Waals surface area contributed by atoms with Gasteiger partial charge >= 0.3 is 0 Å². The summed E-state index contributed by atoms with van der Waals surface area (Å²) in [7, 11) is 0. The summed E-state index contributed by atoms with van der Waals surface area (Å²) in [5, 5.41) is 0. The summed E-state index contributed by atoms with van der Waals surface area (Å²) in [5.74, 6) is 0.485. The van der Waals surface area contributed by atoms with Gasteiger partial charge in [-0.3, -0.25) is 4.79 Å². The lowest BCUT2D eigenvalue weighted by atomic mass is 9.85. The van der Waals surface area contributed by atoms with E-state index in [0.29, 0.717) is 0 Å². The topological polar surface area (TPSA) is 17.1 Å². The van der Waals surface area contributed by atoms with Crippen LogP contribution in [0.3, 0.4) is 0 Å². The van der Waals surface area contributed by atoms with Crippen molar-refractivity contribution < 1.29 is 4.79 Å². The maximum Gasteiger partial charge on any atom is 0.133 e. The molecule has 1 rings (SSSR count). The Hall–Kier alpha value is -1.37. The van der Waals surface area contributed by atoms with Crippen molar-refractivity contribution in [3.8, 4) is 0 Å². The molecule has 1 aromatic rings. The zero-order valence-electron chi connectivity index (χ0n) is 9.60. The molecular formula is C14H18O. The van der Waals surface area contributed by atoms with Crippen LogP contribution in [0.4, 0.5) is 0 Å². The summed E-state index contributed by atoms with van der Waals surface area (Å²) in [4.78, 5) is 11.4. The van der Waals surface area contributed by atoms with Crippen molar-refractivity contribution in [2.24, 2.45) is 5.92 Å². The number of carbonyl (C=O) groups is 1. The molecule has 0 heterocycles. The van der Waals surface area contributed by atoms with E-state index in [0.717, 1.165) is 0 Å². The lowest BCUT2D eigenvalue weighted by molar-refractivity contribution is -0.120. The van der Waals surface area contributed by atoms with Gasteiger partial charge in [-0.05, 0) is 19.4 Å². The van der Waals surface area contributed by atoms with Crippen molar-refractivity contribution in [2.45, 2.75) is 26.7 Å². The van der Waals surface area contributed by atoms with Crippen molar-refractivity contribution in [3.05, 3.63) is 48.0 Å². The second-order valence-corrected chi connectivity index (χ2v) is 3.86. The molecule has 0 amide bonds. The minimum Gasteiger partial charge on any atom is -0.300 e. The molecule has 0 saturated carbocycles. The van der Waals surface area contributed by atoms with E-state index in [-0.39, 0.29) is 17.6 Å². The molecule has 0 bridgehead atoms. The quantitative estimate of drug-likeness (QED) is 0.682. The lowest BCUT2D eigenvalue weighted by Gasteiger charge is -2.18. The van der Waals surface area contributed by atoms with E-state index in [4.69, 9.17) is 0 Å². The van der Waals surface area contributed by atoms with Crippen LogP contribution in [0.1, 0.15) is 32.3 Å². The first-order chi connectivity index (χ1) is 7.16. The molecule has 0 saturated heterocycles. The molecule has 0 radical (unpaired) electrons. The van der Waals surface area contributed by atoms with Gasteiger partial charge in [0.1, 0.15) is 5.78 Å². The van der Waals surface area contributed by atoms with Crippen molar-refractivity contribution in [2.75, 3.05) is 0 Å². The average Bonchev–Trinajstić information content (AvgIpc) is 2.26. The van der Waals surface area contributed by atoms with Crippen LogP contribution >= 0.6 is 0 Å². The number of hydrogen-bond acceptors (Lipinski definition) is 1. The highest BCUT2D eigenvalue weighted by Gasteiger charge is 2.19. The van der Waals surface area contributed by atoms with Gasteiger partial charge in [0.2, 0.25) is 0 Å². The molecular weight excluding hydrogens is 184 g/mol. The van der Waals surface area contributed by atoms with Gasteiger partial charge in [-0.15, -0.1) is 0 Å². The van der Waals surface area contributed by atoms with E-state index in [1.807, 2.05) is 38.1 Å². The second-order valence-electron chi connectivity index (χ2n) is 3.86. The van der Waals surface area contributed by atoms with Gasteiger partial charge in [0.25, 0.3) is 0 Å². The Kier molecular flexibility index (Phi) is 4.29. The molecule has 0 fully saturated rings. The van der Waals surface area contributed by atoms with Gasteiger partial charge < -0.3 is 0 Å². The largest absolute Gasteiger partial charge is 0.300 e. The zero-order chi connectivity index (χ0) is 11.3. The number of ketones is 1. The highest BCUT2D eigenvalue weighted by atomic mass is 16.1. The van der Waals surface area contributed by atoms with Crippen molar-refractivity contribution >= 4 is 5.78 Å². The predicted octanol–water partition coefficient (Wildman–Crippen LogP) is 3.57. The molecule has 0 spiro atoms. The molecule has 15 heavy (non-hydrogen) atoms. The van der Waals surface area contributed by atoms with Gasteiger partial charge in [-0.25, -0.2) is 0 Å². The lowest BCUT2D eigenvalue weighted by Crippen LogP contribution is -2.15. The van der Waals surface area contributed by atoms with Gasteiger partial charge in [-0.1, -0.05) is 49.4 Å². The Morgan fingerprint density at radius 1 is 1.27 bits per heavy atom. The third-order valence-electron chi connectivity index (χ3n) is 2.76. The highest BCUT2D eigenvalue weighted by Crippen LogP contribution is 2.26. The van der Waals surface area contributed by atoms with Gasteiger partial charge in [0, 0.05) is 11.8 Å². The average molecular weight is 202 g/mol. The van der Waals surface area contributed by atoms with Crippen molar-refractivity contribution in [1.29, 1.82) is 0 Å². The monoisotopic (exact) mass is 202 g/mol. The van der Waals surface area contributed by atoms with E-state index in [1.54, 1.807) is 6.92 Å². The number of carbonyl (C=O) groups excluding carboxylic acids is 1. The summed E-state index contributed by atoms with van der Waals surface area (Å²) >= 11 is 0. The first-order valence-electron chi connectivity index (χ1n) is 5.35. The first-order valence-corrected chi connectivity index (χ1v) is 5.35. The van der Waals surface area contributed by atoms with E-state index in [1.165, 1.54) is 5.56 Å². The predicted molar refractivity (Wildman–Crippen MR) is 63.8 cm³/mol. The van der Waals surface area contributed by atoms with Crippen molar-refractivity contribution in [3.63, 3.8) is 0 Å². The van der Waals surface area contributed by atoms with Gasteiger partial charge in [-0.2, -0.15) is 0 Å². The number of allylic oxidation sites excluding steroid dienone is 2. The van der Waals surface area contributed by atoms with E-state index in [2.05, 4.69) is 18.2 Å². The Morgan fingerprint density at radius 3 is 2.33 bits per heavy atom. The number of rotatable bonds is 4. The van der Waals surface area contributed by atoms with Crippen LogP contribution in [0.2, 0.25) is 0 Å². The standard InChI is InChI=1S/C14H18O/c1-4-8-14(11(2)12(3)15)13-9-6-5-7-10-13/h4-11,14H,1-3H3/b8-4+. The Morgan fingerprint density at radius 2 is 1.87 bits per heavy atom. The highest BCUT2D eigenvalue weighted by molar-refractivity contribution is 5.79. The van der Waals surface area contributed by atoms with Crippen LogP contribution in [0.5, 0.6) is 0 Å². The minimum absolute atomic E-state index is 0.0450. The molecule has 80 valence electrons. The number of hydrogen-bond donors (Lipinski definition) is 0. The Balaban J connectivity index is 2.98. The summed E-state index contributed by atoms with van der Waals surface area (Å²) < 4.78 is 0. The fourth-order valence-electron chi connectivity index (χ4n) is 1.70. The molecule has 1 nitrogen and oxygen atoms in total. The molecule has 0 aliphatic heterocycles. The molecule has 0 aliphatic rings. The first kappa shape index (κ1) is 11.7. The summed E-state index contributed by atoms with van der Waals surface area (Å²) in [5.41, 5.74) is 1.21. The van der Waals surface area contributed by atoms with Crippen LogP contribution < -0.4 is 0 Å². The Labute approximate surface area is 91.8 Å². The normalized spacial score (nSPS) is 15.1. The fraction of sp³-hybridized carbons (Fsp3) is 0.357. The summed E-state index contributed by atoms with van der Waals surface area (Å²) in [6.07, 6.45) is 4.11. The van der Waals surface area contributed by atoms with Crippen LogP contribution in [-0.4, -0.2) is 5.78 Å². The molecule has 0 N–H and O–H groups in total. The summed E-state index contributed by atoms with van der Waals surface area (Å²) in [6, 6.07) is 10.2. The Bertz CT molecular complexity index is 338. The summed E-state index contributed by atoms with van der Waals surface area (Å²) in [6.45, 7) is 5.63. The van der Waals surface area contributed by atoms with E-state index in [9.17, 15) is 4.79 Å². The zero-order valence-corrected chi connectivity index (χ0v) is 9.60. The van der Waals surface area contributed by atoms with Crippen LogP contribution in [0.25, 0.3) is 0 Å². The van der Waals surface area contributed by atoms with Crippen LogP contribution in [0.15, 0.2) is 42.5 Å². The molecule has 0 aromatic heterocycles. The SMILES string of the molecule is C/C=C/C(c1ccccc1)C(C)C(C)=O. The van der Waals surface area contributed by atoms with Gasteiger partial charge in [0.15, 0.2) is 0 Å². The third kappa shape index (κ3) is 3.05. The minimum atomic E-state index is 0.0450.